The molecule has 0 aromatic carbocycles. The second kappa shape index (κ2) is 7.68. The maximum atomic E-state index is 5.90. The molecule has 116 valence electrons. The molecule has 0 radical (unpaired) electrons. The molecule has 1 saturated carbocycles. The van der Waals surface area contributed by atoms with Crippen molar-refractivity contribution in [2.45, 2.75) is 46.7 Å². The quantitative estimate of drug-likeness (QED) is 0.707. The molecule has 1 aliphatic carbocycles. The van der Waals surface area contributed by atoms with E-state index < -0.39 is 0 Å². The van der Waals surface area contributed by atoms with E-state index in [0.29, 0.717) is 12.5 Å². The topological polar surface area (TPSA) is 28.4 Å². The first-order chi connectivity index (χ1) is 10.1. The highest BCUT2D eigenvalue weighted by molar-refractivity contribution is 5.20. The first kappa shape index (κ1) is 16.1. The number of terminal acetylenes is 1. The predicted molar refractivity (Wildman–Crippen MR) is 86.8 cm³/mol. The molecule has 0 atom stereocenters. The number of rotatable bonds is 9. The Labute approximate surface area is 129 Å². The molecule has 1 heterocycles. The van der Waals surface area contributed by atoms with Crippen LogP contribution in [0, 0.1) is 31.1 Å². The molecule has 0 amide bonds. The zero-order chi connectivity index (χ0) is 15.2. The largest absolute Gasteiger partial charge is 0.465 e. The molecule has 0 bridgehead atoms. The molecule has 0 spiro atoms. The smallest absolute Gasteiger partial charge is 0.118 e. The lowest BCUT2D eigenvalue weighted by molar-refractivity contribution is 0.260. The third-order valence-electron chi connectivity index (χ3n) is 3.85. The molecule has 1 aromatic rings. The summed E-state index contributed by atoms with van der Waals surface area (Å²) in [7, 11) is 0. The molecule has 21 heavy (non-hydrogen) atoms. The van der Waals surface area contributed by atoms with Gasteiger partial charge in [-0.15, -0.1) is 6.42 Å². The van der Waals surface area contributed by atoms with Gasteiger partial charge in [0.1, 0.15) is 11.5 Å². The molecular formula is C18H28N2O. The summed E-state index contributed by atoms with van der Waals surface area (Å²) >= 11 is 0. The molecule has 0 aliphatic heterocycles. The number of hydrogen-bond donors (Lipinski definition) is 1. The lowest BCUT2D eigenvalue weighted by Gasteiger charge is -2.17. The Hall–Kier alpha value is -1.24. The van der Waals surface area contributed by atoms with Crippen molar-refractivity contribution in [2.75, 3.05) is 19.6 Å². The summed E-state index contributed by atoms with van der Waals surface area (Å²) < 4.78 is 5.90. The number of nitrogens with one attached hydrogen (secondary N) is 1. The molecular weight excluding hydrogens is 260 g/mol. The van der Waals surface area contributed by atoms with Gasteiger partial charge >= 0.3 is 0 Å². The van der Waals surface area contributed by atoms with Crippen LogP contribution in [0.25, 0.3) is 0 Å². The van der Waals surface area contributed by atoms with Crippen LogP contribution in [0.3, 0.4) is 0 Å². The van der Waals surface area contributed by atoms with E-state index in [0.717, 1.165) is 43.6 Å². The fraction of sp³-hybridized carbons (Fsp3) is 0.667. The fourth-order valence-electron chi connectivity index (χ4n) is 2.54. The minimum Gasteiger partial charge on any atom is -0.465 e. The standard InChI is InChI=1S/C18H28N2O/c1-5-8-20(12-16-6-7-16)13-18-9-17(15(4)21-18)11-19-10-14(2)3/h1,9,14,16,19H,6-8,10-13H2,2-4H3. The van der Waals surface area contributed by atoms with E-state index in [4.69, 9.17) is 10.8 Å². The van der Waals surface area contributed by atoms with Gasteiger partial charge in [0.25, 0.3) is 0 Å². The van der Waals surface area contributed by atoms with Gasteiger partial charge in [-0.2, -0.15) is 0 Å². The molecule has 1 aromatic heterocycles. The van der Waals surface area contributed by atoms with Gasteiger partial charge in [0, 0.05) is 18.7 Å². The summed E-state index contributed by atoms with van der Waals surface area (Å²) in [5.74, 6) is 6.33. The molecule has 2 rings (SSSR count). The van der Waals surface area contributed by atoms with E-state index in [9.17, 15) is 0 Å². The lowest BCUT2D eigenvalue weighted by atomic mass is 10.2. The van der Waals surface area contributed by atoms with Gasteiger partial charge in [0.2, 0.25) is 0 Å². The molecule has 3 heteroatoms. The summed E-state index contributed by atoms with van der Waals surface area (Å²) in [6.45, 7) is 11.0. The van der Waals surface area contributed by atoms with Crippen LogP contribution in [0.2, 0.25) is 0 Å². The van der Waals surface area contributed by atoms with Crippen molar-refractivity contribution in [1.29, 1.82) is 0 Å². The van der Waals surface area contributed by atoms with E-state index in [1.54, 1.807) is 0 Å². The van der Waals surface area contributed by atoms with Crippen molar-refractivity contribution in [2.24, 2.45) is 11.8 Å². The molecule has 3 nitrogen and oxygen atoms in total. The van der Waals surface area contributed by atoms with Crippen LogP contribution in [0.4, 0.5) is 0 Å². The normalized spacial score (nSPS) is 14.9. The summed E-state index contributed by atoms with van der Waals surface area (Å²) in [6, 6.07) is 2.18. The van der Waals surface area contributed by atoms with Gasteiger partial charge in [-0.05, 0) is 44.2 Å². The summed E-state index contributed by atoms with van der Waals surface area (Å²) in [6.07, 6.45) is 8.18. The number of nitrogens with zero attached hydrogens (tertiary/aromatic N) is 1. The average molecular weight is 288 g/mol. The highest BCUT2D eigenvalue weighted by Crippen LogP contribution is 2.30. The summed E-state index contributed by atoms with van der Waals surface area (Å²) in [5.41, 5.74) is 1.26. The molecule has 1 N–H and O–H groups in total. The van der Waals surface area contributed by atoms with Crippen LogP contribution >= 0.6 is 0 Å². The minimum atomic E-state index is 0.668. The van der Waals surface area contributed by atoms with Gasteiger partial charge in [-0.3, -0.25) is 4.90 Å². The second-order valence-corrected chi connectivity index (χ2v) is 6.64. The molecule has 1 fully saturated rings. The SMILES string of the molecule is C#CCN(Cc1cc(CNCC(C)C)c(C)o1)CC1CC1. The van der Waals surface area contributed by atoms with Crippen molar-refractivity contribution >= 4 is 0 Å². The molecule has 0 unspecified atom stereocenters. The van der Waals surface area contributed by atoms with Gasteiger partial charge in [-0.25, -0.2) is 0 Å². The zero-order valence-electron chi connectivity index (χ0n) is 13.6. The third-order valence-corrected chi connectivity index (χ3v) is 3.85. The van der Waals surface area contributed by atoms with E-state index in [2.05, 4.69) is 36.1 Å². The van der Waals surface area contributed by atoms with Crippen molar-refractivity contribution < 1.29 is 4.42 Å². The fourth-order valence-corrected chi connectivity index (χ4v) is 2.54. The Balaban J connectivity index is 1.88. The van der Waals surface area contributed by atoms with Gasteiger partial charge < -0.3 is 9.73 Å². The van der Waals surface area contributed by atoms with Crippen molar-refractivity contribution in [3.63, 3.8) is 0 Å². The summed E-state index contributed by atoms with van der Waals surface area (Å²) in [4.78, 5) is 2.32. The van der Waals surface area contributed by atoms with Crippen LogP contribution in [0.5, 0.6) is 0 Å². The van der Waals surface area contributed by atoms with E-state index >= 15 is 0 Å². The first-order valence-electron chi connectivity index (χ1n) is 8.03. The monoisotopic (exact) mass is 288 g/mol. The lowest BCUT2D eigenvalue weighted by Crippen LogP contribution is -2.25. The Morgan fingerprint density at radius 3 is 2.86 bits per heavy atom. The van der Waals surface area contributed by atoms with E-state index in [-0.39, 0.29) is 0 Å². The number of furan rings is 1. The third kappa shape index (κ3) is 5.57. The zero-order valence-corrected chi connectivity index (χ0v) is 13.6. The highest BCUT2D eigenvalue weighted by atomic mass is 16.3. The first-order valence-corrected chi connectivity index (χ1v) is 8.03. The number of aryl methyl sites for hydroxylation is 1. The minimum absolute atomic E-state index is 0.668. The van der Waals surface area contributed by atoms with Gasteiger partial charge in [-0.1, -0.05) is 19.8 Å². The van der Waals surface area contributed by atoms with Crippen LogP contribution < -0.4 is 5.32 Å². The summed E-state index contributed by atoms with van der Waals surface area (Å²) in [5, 5.41) is 3.47. The van der Waals surface area contributed by atoms with Crippen molar-refractivity contribution in [1.82, 2.24) is 10.2 Å². The molecule has 0 saturated heterocycles. The van der Waals surface area contributed by atoms with Gasteiger partial charge in [0.05, 0.1) is 13.1 Å². The highest BCUT2D eigenvalue weighted by Gasteiger charge is 2.24. The van der Waals surface area contributed by atoms with Crippen LogP contribution in [0.15, 0.2) is 10.5 Å². The Morgan fingerprint density at radius 2 is 2.24 bits per heavy atom. The predicted octanol–water partition coefficient (Wildman–Crippen LogP) is 3.18. The van der Waals surface area contributed by atoms with Gasteiger partial charge in [0.15, 0.2) is 0 Å². The van der Waals surface area contributed by atoms with Crippen LogP contribution in [-0.4, -0.2) is 24.5 Å². The molecule has 1 aliphatic rings. The van der Waals surface area contributed by atoms with Crippen LogP contribution in [0.1, 0.15) is 43.8 Å². The average Bonchev–Trinajstić information content (AvgIpc) is 3.14. The maximum absolute atomic E-state index is 5.90. The Kier molecular flexibility index (Phi) is 5.90. The van der Waals surface area contributed by atoms with E-state index in [1.165, 1.54) is 18.4 Å². The van der Waals surface area contributed by atoms with Crippen molar-refractivity contribution in [3.8, 4) is 12.3 Å². The van der Waals surface area contributed by atoms with Crippen LogP contribution in [-0.2, 0) is 13.1 Å². The maximum Gasteiger partial charge on any atom is 0.118 e. The van der Waals surface area contributed by atoms with Crippen molar-refractivity contribution in [3.05, 3.63) is 23.2 Å². The Bertz CT molecular complexity index is 480. The van der Waals surface area contributed by atoms with E-state index in [1.807, 2.05) is 6.92 Å². The number of hydrogen-bond acceptors (Lipinski definition) is 3. The second-order valence-electron chi connectivity index (χ2n) is 6.64. The Morgan fingerprint density at radius 1 is 1.48 bits per heavy atom.